The standard InChI is InChI=1S/C32H42N2O5/c1-5-9-18-33(19-10-6-2)20-13-21-34-29(23-16-17-26(37-7-3)27(22-23)38-8-4)28-30(35)24-14-11-12-15-25(24)39-31(28)32(34)36/h11-12,14-17,22,29H,5-10,13,18-21H2,1-4H3. The summed E-state index contributed by atoms with van der Waals surface area (Å²) in [6.45, 7) is 12.8. The molecule has 0 saturated heterocycles. The van der Waals surface area contributed by atoms with Crippen molar-refractivity contribution < 1.29 is 18.7 Å². The van der Waals surface area contributed by atoms with Gasteiger partial charge in [0.25, 0.3) is 5.91 Å². The Morgan fingerprint density at radius 2 is 1.51 bits per heavy atom. The summed E-state index contributed by atoms with van der Waals surface area (Å²) in [6, 6.07) is 12.3. The number of carbonyl (C=O) groups is 1. The highest BCUT2D eigenvalue weighted by Gasteiger charge is 2.42. The minimum atomic E-state index is -0.553. The highest BCUT2D eigenvalue weighted by atomic mass is 16.5. The minimum Gasteiger partial charge on any atom is -0.490 e. The molecule has 1 aromatic heterocycles. The monoisotopic (exact) mass is 534 g/mol. The van der Waals surface area contributed by atoms with Crippen molar-refractivity contribution in [3.8, 4) is 11.5 Å². The van der Waals surface area contributed by atoms with Gasteiger partial charge < -0.3 is 23.7 Å². The van der Waals surface area contributed by atoms with Gasteiger partial charge in [0.1, 0.15) is 5.58 Å². The largest absolute Gasteiger partial charge is 0.490 e. The third kappa shape index (κ3) is 6.30. The highest BCUT2D eigenvalue weighted by Crippen LogP contribution is 2.41. The SMILES string of the molecule is CCCCN(CCCC)CCCN1C(=O)c2oc3ccccc3c(=O)c2C1c1ccc(OCC)c(OCC)c1. The van der Waals surface area contributed by atoms with Gasteiger partial charge in [-0.15, -0.1) is 0 Å². The van der Waals surface area contributed by atoms with E-state index in [9.17, 15) is 9.59 Å². The molecule has 210 valence electrons. The molecule has 7 heteroatoms. The maximum Gasteiger partial charge on any atom is 0.290 e. The number of carbonyl (C=O) groups excluding carboxylic acids is 1. The summed E-state index contributed by atoms with van der Waals surface area (Å²) in [5.74, 6) is 1.16. The lowest BCUT2D eigenvalue weighted by atomic mass is 9.98. The van der Waals surface area contributed by atoms with Crippen LogP contribution in [0.4, 0.5) is 0 Å². The van der Waals surface area contributed by atoms with Gasteiger partial charge in [0, 0.05) is 6.54 Å². The molecule has 0 fully saturated rings. The lowest BCUT2D eigenvalue weighted by Crippen LogP contribution is -2.34. The summed E-state index contributed by atoms with van der Waals surface area (Å²) in [5, 5.41) is 0.483. The maximum atomic E-state index is 13.8. The lowest BCUT2D eigenvalue weighted by molar-refractivity contribution is 0.0719. The van der Waals surface area contributed by atoms with Crippen LogP contribution >= 0.6 is 0 Å². The molecule has 0 spiro atoms. The van der Waals surface area contributed by atoms with Crippen molar-refractivity contribution in [2.45, 2.75) is 65.8 Å². The number of ether oxygens (including phenoxy) is 2. The van der Waals surface area contributed by atoms with E-state index in [0.29, 0.717) is 47.8 Å². The summed E-state index contributed by atoms with van der Waals surface area (Å²) in [5.41, 5.74) is 1.49. The van der Waals surface area contributed by atoms with E-state index in [-0.39, 0.29) is 17.1 Å². The van der Waals surface area contributed by atoms with Gasteiger partial charge >= 0.3 is 0 Å². The van der Waals surface area contributed by atoms with E-state index >= 15 is 0 Å². The summed E-state index contributed by atoms with van der Waals surface area (Å²) in [4.78, 5) is 31.9. The van der Waals surface area contributed by atoms with E-state index in [1.54, 1.807) is 17.0 Å². The Kier molecular flexibility index (Phi) is 10.0. The smallest absolute Gasteiger partial charge is 0.290 e. The predicted molar refractivity (Wildman–Crippen MR) is 155 cm³/mol. The second kappa shape index (κ2) is 13.7. The molecule has 1 amide bonds. The van der Waals surface area contributed by atoms with E-state index in [1.165, 1.54) is 0 Å². The molecular formula is C32H42N2O5. The lowest BCUT2D eigenvalue weighted by Gasteiger charge is -2.28. The third-order valence-electron chi connectivity index (χ3n) is 7.29. The number of benzene rings is 2. The van der Waals surface area contributed by atoms with Gasteiger partial charge in [-0.3, -0.25) is 9.59 Å². The molecule has 1 unspecified atom stereocenters. The van der Waals surface area contributed by atoms with Crippen molar-refractivity contribution in [2.75, 3.05) is 39.4 Å². The molecule has 0 radical (unpaired) electrons. The average Bonchev–Trinajstić information content (AvgIpc) is 3.22. The molecular weight excluding hydrogens is 492 g/mol. The Balaban J connectivity index is 1.71. The van der Waals surface area contributed by atoms with E-state index in [1.807, 2.05) is 44.2 Å². The molecule has 1 atom stereocenters. The molecule has 39 heavy (non-hydrogen) atoms. The van der Waals surface area contributed by atoms with Crippen LogP contribution in [0.5, 0.6) is 11.5 Å². The number of unbranched alkanes of at least 4 members (excludes halogenated alkanes) is 2. The van der Waals surface area contributed by atoms with Gasteiger partial charge in [-0.05, 0) is 82.6 Å². The number of amides is 1. The predicted octanol–water partition coefficient (Wildman–Crippen LogP) is 6.43. The number of para-hydroxylation sites is 1. The molecule has 4 rings (SSSR count). The van der Waals surface area contributed by atoms with Crippen LogP contribution in [-0.4, -0.2) is 55.1 Å². The summed E-state index contributed by atoms with van der Waals surface area (Å²) in [7, 11) is 0. The fraction of sp³-hybridized carbons (Fsp3) is 0.500. The molecule has 1 aliphatic heterocycles. The van der Waals surface area contributed by atoms with Crippen LogP contribution in [0.3, 0.4) is 0 Å². The molecule has 1 aliphatic rings. The Hall–Kier alpha value is -3.32. The zero-order valence-electron chi connectivity index (χ0n) is 23.8. The quantitative estimate of drug-likeness (QED) is 0.224. The van der Waals surface area contributed by atoms with E-state index in [0.717, 1.165) is 57.3 Å². The van der Waals surface area contributed by atoms with Gasteiger partial charge in [-0.25, -0.2) is 0 Å². The van der Waals surface area contributed by atoms with E-state index in [2.05, 4.69) is 18.7 Å². The molecule has 2 heterocycles. The highest BCUT2D eigenvalue weighted by molar-refractivity contribution is 5.99. The van der Waals surface area contributed by atoms with Crippen LogP contribution in [0.25, 0.3) is 11.0 Å². The van der Waals surface area contributed by atoms with Gasteiger partial charge in [-0.1, -0.05) is 44.9 Å². The van der Waals surface area contributed by atoms with Gasteiger partial charge in [0.05, 0.1) is 30.2 Å². The van der Waals surface area contributed by atoms with Crippen LogP contribution in [0, 0.1) is 0 Å². The number of hydrogen-bond donors (Lipinski definition) is 0. The fourth-order valence-corrected chi connectivity index (χ4v) is 5.35. The van der Waals surface area contributed by atoms with Gasteiger partial charge in [0.2, 0.25) is 5.76 Å². The summed E-state index contributed by atoms with van der Waals surface area (Å²) >= 11 is 0. The van der Waals surface area contributed by atoms with Crippen LogP contribution in [-0.2, 0) is 0 Å². The molecule has 0 bridgehead atoms. The molecule has 2 aromatic carbocycles. The first kappa shape index (κ1) is 28.7. The molecule has 0 saturated carbocycles. The Bertz CT molecular complexity index is 1310. The van der Waals surface area contributed by atoms with Crippen LogP contribution in [0.15, 0.2) is 51.7 Å². The summed E-state index contributed by atoms with van der Waals surface area (Å²) < 4.78 is 17.8. The van der Waals surface area contributed by atoms with Crippen molar-refractivity contribution >= 4 is 16.9 Å². The van der Waals surface area contributed by atoms with Crippen molar-refractivity contribution in [3.05, 3.63) is 69.6 Å². The van der Waals surface area contributed by atoms with Crippen LogP contribution in [0.2, 0.25) is 0 Å². The second-order valence-corrected chi connectivity index (χ2v) is 10.0. The maximum absolute atomic E-state index is 13.8. The van der Waals surface area contributed by atoms with Crippen molar-refractivity contribution in [2.24, 2.45) is 0 Å². The Morgan fingerprint density at radius 1 is 0.846 bits per heavy atom. The number of hydrogen-bond acceptors (Lipinski definition) is 6. The first-order chi connectivity index (χ1) is 19.0. The van der Waals surface area contributed by atoms with Gasteiger partial charge in [0.15, 0.2) is 16.9 Å². The topological polar surface area (TPSA) is 72.2 Å². The van der Waals surface area contributed by atoms with Crippen LogP contribution < -0.4 is 14.9 Å². The van der Waals surface area contributed by atoms with E-state index in [4.69, 9.17) is 13.9 Å². The number of rotatable bonds is 15. The first-order valence-electron chi connectivity index (χ1n) is 14.5. The minimum absolute atomic E-state index is 0.143. The summed E-state index contributed by atoms with van der Waals surface area (Å²) in [6.07, 6.45) is 5.46. The van der Waals surface area contributed by atoms with Crippen molar-refractivity contribution in [1.29, 1.82) is 0 Å². The second-order valence-electron chi connectivity index (χ2n) is 10.0. The Labute approximate surface area is 231 Å². The molecule has 7 nitrogen and oxygen atoms in total. The van der Waals surface area contributed by atoms with E-state index < -0.39 is 6.04 Å². The van der Waals surface area contributed by atoms with Crippen molar-refractivity contribution in [1.82, 2.24) is 9.80 Å². The molecule has 3 aromatic rings. The zero-order valence-corrected chi connectivity index (χ0v) is 23.8. The first-order valence-corrected chi connectivity index (χ1v) is 14.5. The van der Waals surface area contributed by atoms with Crippen LogP contribution in [0.1, 0.15) is 87.5 Å². The molecule has 0 N–H and O–H groups in total. The fourth-order valence-electron chi connectivity index (χ4n) is 5.35. The average molecular weight is 535 g/mol. The zero-order chi connectivity index (χ0) is 27.8. The number of nitrogens with zero attached hydrogens (tertiary/aromatic N) is 2. The molecule has 0 aliphatic carbocycles. The third-order valence-corrected chi connectivity index (χ3v) is 7.29. The van der Waals surface area contributed by atoms with Crippen molar-refractivity contribution in [3.63, 3.8) is 0 Å². The van der Waals surface area contributed by atoms with Gasteiger partial charge in [-0.2, -0.15) is 0 Å². The normalized spacial score (nSPS) is 14.8. The Morgan fingerprint density at radius 3 is 2.21 bits per heavy atom. The number of fused-ring (bicyclic) bond motifs is 2.